The Labute approximate surface area is 186 Å². The standard InChI is InChI=1S/C29H22N2O/c1-18(2)21-10-6-11-22-23-12-7-13-25(29(23)32-28(21)22)27-24-15-14-20(16-26(24)30-17-31-27)19-8-4-3-5-9-19/h3-18H,1-2H3. The molecule has 2 heterocycles. The fourth-order valence-electron chi connectivity index (χ4n) is 4.56. The maximum absolute atomic E-state index is 6.51. The maximum atomic E-state index is 6.51. The van der Waals surface area contributed by atoms with E-state index in [-0.39, 0.29) is 0 Å². The van der Waals surface area contributed by atoms with Crippen molar-refractivity contribution in [2.75, 3.05) is 0 Å². The van der Waals surface area contributed by atoms with Crippen LogP contribution in [0, 0.1) is 0 Å². The smallest absolute Gasteiger partial charge is 0.144 e. The Balaban J connectivity index is 1.59. The summed E-state index contributed by atoms with van der Waals surface area (Å²) in [5, 5.41) is 3.29. The van der Waals surface area contributed by atoms with E-state index in [2.05, 4.69) is 103 Å². The van der Waals surface area contributed by atoms with Crippen LogP contribution in [0.15, 0.2) is 95.7 Å². The van der Waals surface area contributed by atoms with Crippen LogP contribution in [0.2, 0.25) is 0 Å². The molecule has 0 radical (unpaired) electrons. The first kappa shape index (κ1) is 18.8. The molecule has 0 amide bonds. The highest BCUT2D eigenvalue weighted by atomic mass is 16.3. The van der Waals surface area contributed by atoms with Crippen LogP contribution in [0.25, 0.3) is 55.2 Å². The van der Waals surface area contributed by atoms with Crippen LogP contribution in [-0.2, 0) is 0 Å². The molecule has 0 aliphatic rings. The molecule has 0 aliphatic carbocycles. The van der Waals surface area contributed by atoms with E-state index in [1.165, 1.54) is 11.1 Å². The summed E-state index contributed by atoms with van der Waals surface area (Å²) >= 11 is 0. The van der Waals surface area contributed by atoms with Gasteiger partial charge in [0, 0.05) is 21.7 Å². The number of hydrogen-bond donors (Lipinski definition) is 0. The summed E-state index contributed by atoms with van der Waals surface area (Å²) in [6, 6.07) is 29.5. The molecule has 0 saturated carbocycles. The van der Waals surface area contributed by atoms with Crippen LogP contribution in [-0.4, -0.2) is 9.97 Å². The number of hydrogen-bond acceptors (Lipinski definition) is 3. The summed E-state index contributed by atoms with van der Waals surface area (Å²) in [6.45, 7) is 4.40. The summed E-state index contributed by atoms with van der Waals surface area (Å²) in [6.07, 6.45) is 1.65. The van der Waals surface area contributed by atoms with Gasteiger partial charge in [-0.25, -0.2) is 9.97 Å². The molecular weight excluding hydrogens is 392 g/mol. The molecule has 0 aliphatic heterocycles. The van der Waals surface area contributed by atoms with Crippen LogP contribution < -0.4 is 0 Å². The lowest BCUT2D eigenvalue weighted by Crippen LogP contribution is -1.90. The second-order valence-corrected chi connectivity index (χ2v) is 8.48. The Morgan fingerprint density at radius 1 is 0.656 bits per heavy atom. The number of furan rings is 1. The van der Waals surface area contributed by atoms with E-state index in [4.69, 9.17) is 4.42 Å². The van der Waals surface area contributed by atoms with Crippen molar-refractivity contribution in [3.8, 4) is 22.4 Å². The first-order valence-electron chi connectivity index (χ1n) is 11.0. The van der Waals surface area contributed by atoms with Crippen molar-refractivity contribution in [3.05, 3.63) is 96.8 Å². The highest BCUT2D eigenvalue weighted by Gasteiger charge is 2.18. The van der Waals surface area contributed by atoms with Gasteiger partial charge < -0.3 is 4.42 Å². The van der Waals surface area contributed by atoms with Gasteiger partial charge in [-0.2, -0.15) is 0 Å². The molecule has 3 nitrogen and oxygen atoms in total. The topological polar surface area (TPSA) is 38.9 Å². The molecule has 0 saturated heterocycles. The largest absolute Gasteiger partial charge is 0.455 e. The molecule has 0 unspecified atom stereocenters. The van der Waals surface area contributed by atoms with E-state index < -0.39 is 0 Å². The lowest BCUT2D eigenvalue weighted by molar-refractivity contribution is 0.658. The van der Waals surface area contributed by atoms with E-state index in [0.29, 0.717) is 5.92 Å². The summed E-state index contributed by atoms with van der Waals surface area (Å²) in [4.78, 5) is 9.26. The first-order chi connectivity index (χ1) is 15.7. The summed E-state index contributed by atoms with van der Waals surface area (Å²) < 4.78 is 6.51. The second-order valence-electron chi connectivity index (χ2n) is 8.48. The van der Waals surface area contributed by atoms with E-state index in [0.717, 1.165) is 49.7 Å². The van der Waals surface area contributed by atoms with Crippen LogP contribution in [0.4, 0.5) is 0 Å². The molecule has 0 atom stereocenters. The molecule has 0 bridgehead atoms. The van der Waals surface area contributed by atoms with Crippen molar-refractivity contribution in [1.29, 1.82) is 0 Å². The SMILES string of the molecule is CC(C)c1cccc2c1oc1c(-c3ncnc4cc(-c5ccccc5)ccc34)cccc12. The fourth-order valence-corrected chi connectivity index (χ4v) is 4.56. The molecule has 2 aromatic heterocycles. The summed E-state index contributed by atoms with van der Waals surface area (Å²) in [7, 11) is 0. The van der Waals surface area contributed by atoms with Gasteiger partial charge in [-0.3, -0.25) is 0 Å². The third-order valence-corrected chi connectivity index (χ3v) is 6.18. The average Bonchev–Trinajstić information content (AvgIpc) is 3.23. The van der Waals surface area contributed by atoms with E-state index in [1.807, 2.05) is 6.07 Å². The number of aromatic nitrogens is 2. The van der Waals surface area contributed by atoms with Gasteiger partial charge in [0.1, 0.15) is 17.5 Å². The highest BCUT2D eigenvalue weighted by Crippen LogP contribution is 2.39. The predicted octanol–water partition coefficient (Wildman–Crippen LogP) is 7.99. The van der Waals surface area contributed by atoms with Gasteiger partial charge in [0.15, 0.2) is 0 Å². The molecule has 0 N–H and O–H groups in total. The van der Waals surface area contributed by atoms with Crippen LogP contribution >= 0.6 is 0 Å². The minimum absolute atomic E-state index is 0.388. The summed E-state index contributed by atoms with van der Waals surface area (Å²) in [5.41, 5.74) is 8.20. The van der Waals surface area contributed by atoms with Crippen molar-refractivity contribution in [2.45, 2.75) is 19.8 Å². The van der Waals surface area contributed by atoms with E-state index in [1.54, 1.807) is 6.33 Å². The monoisotopic (exact) mass is 414 g/mol. The Kier molecular flexibility index (Phi) is 4.29. The Bertz CT molecular complexity index is 1600. The first-order valence-corrected chi connectivity index (χ1v) is 11.0. The normalized spacial score (nSPS) is 11.7. The second kappa shape index (κ2) is 7.31. The van der Waals surface area contributed by atoms with Crippen LogP contribution in [0.5, 0.6) is 0 Å². The Morgan fingerprint density at radius 2 is 1.44 bits per heavy atom. The maximum Gasteiger partial charge on any atom is 0.144 e. The molecule has 32 heavy (non-hydrogen) atoms. The quantitative estimate of drug-likeness (QED) is 0.294. The van der Waals surface area contributed by atoms with Crippen LogP contribution in [0.3, 0.4) is 0 Å². The average molecular weight is 415 g/mol. The van der Waals surface area contributed by atoms with Gasteiger partial charge in [-0.15, -0.1) is 0 Å². The molecule has 0 fully saturated rings. The van der Waals surface area contributed by atoms with E-state index >= 15 is 0 Å². The number of benzene rings is 4. The predicted molar refractivity (Wildman–Crippen MR) is 132 cm³/mol. The number of nitrogens with zero attached hydrogens (tertiary/aromatic N) is 2. The molecule has 0 spiro atoms. The van der Waals surface area contributed by atoms with Gasteiger partial charge in [-0.1, -0.05) is 80.6 Å². The van der Waals surface area contributed by atoms with Gasteiger partial charge in [-0.05, 0) is 40.8 Å². The molecule has 6 rings (SSSR count). The third kappa shape index (κ3) is 2.89. The van der Waals surface area contributed by atoms with Crippen molar-refractivity contribution < 1.29 is 4.42 Å². The van der Waals surface area contributed by atoms with Crippen molar-refractivity contribution in [3.63, 3.8) is 0 Å². The zero-order valence-electron chi connectivity index (χ0n) is 18.0. The molecule has 3 heteroatoms. The zero-order chi connectivity index (χ0) is 21.7. The Hall–Kier alpha value is -3.98. The summed E-state index contributed by atoms with van der Waals surface area (Å²) in [5.74, 6) is 0.388. The molecule has 154 valence electrons. The minimum atomic E-state index is 0.388. The van der Waals surface area contributed by atoms with Gasteiger partial charge in [0.2, 0.25) is 0 Å². The molecular formula is C29H22N2O. The number of para-hydroxylation sites is 2. The van der Waals surface area contributed by atoms with Crippen LogP contribution in [0.1, 0.15) is 25.3 Å². The third-order valence-electron chi connectivity index (χ3n) is 6.18. The minimum Gasteiger partial charge on any atom is -0.455 e. The lowest BCUT2D eigenvalue weighted by Gasteiger charge is -2.08. The Morgan fingerprint density at radius 3 is 2.25 bits per heavy atom. The van der Waals surface area contributed by atoms with Crippen molar-refractivity contribution in [1.82, 2.24) is 9.97 Å². The lowest BCUT2D eigenvalue weighted by atomic mass is 9.98. The number of fused-ring (bicyclic) bond motifs is 4. The fraction of sp³-hybridized carbons (Fsp3) is 0.103. The number of rotatable bonds is 3. The van der Waals surface area contributed by atoms with Gasteiger partial charge in [0.25, 0.3) is 0 Å². The zero-order valence-corrected chi connectivity index (χ0v) is 18.0. The van der Waals surface area contributed by atoms with Crippen molar-refractivity contribution in [2.24, 2.45) is 0 Å². The van der Waals surface area contributed by atoms with Gasteiger partial charge in [0.05, 0.1) is 11.2 Å². The highest BCUT2D eigenvalue weighted by molar-refractivity contribution is 6.12. The van der Waals surface area contributed by atoms with E-state index in [9.17, 15) is 0 Å². The van der Waals surface area contributed by atoms with Crippen molar-refractivity contribution >= 4 is 32.8 Å². The molecule has 4 aromatic carbocycles. The molecule has 6 aromatic rings. The van der Waals surface area contributed by atoms with Gasteiger partial charge >= 0.3 is 0 Å².